The van der Waals surface area contributed by atoms with E-state index in [-0.39, 0.29) is 5.56 Å². The lowest BCUT2D eigenvalue weighted by molar-refractivity contribution is -0.136. The molecule has 0 N–H and O–H groups in total. The number of nitrogens with zero attached hydrogens (tertiary/aromatic N) is 4. The first-order chi connectivity index (χ1) is 13.5. The molecule has 0 saturated carbocycles. The van der Waals surface area contributed by atoms with Crippen LogP contribution in [0, 0.1) is 0 Å². The zero-order valence-corrected chi connectivity index (χ0v) is 16.4. The number of esters is 1. The average Bonchev–Trinajstić information content (AvgIpc) is 3.24. The van der Waals surface area contributed by atoms with Gasteiger partial charge in [-0.3, -0.25) is 14.0 Å². The summed E-state index contributed by atoms with van der Waals surface area (Å²) in [6.07, 6.45) is 5.31. The minimum atomic E-state index is -0.582. The third kappa shape index (κ3) is 3.01. The zero-order chi connectivity index (χ0) is 19.8. The Kier molecular flexibility index (Phi) is 4.56. The molecular formula is C20H18N4O3S. The van der Waals surface area contributed by atoms with Crippen molar-refractivity contribution in [2.24, 2.45) is 12.0 Å². The van der Waals surface area contributed by atoms with Crippen molar-refractivity contribution in [1.82, 2.24) is 14.3 Å². The van der Waals surface area contributed by atoms with Crippen LogP contribution < -0.4 is 14.9 Å². The van der Waals surface area contributed by atoms with Gasteiger partial charge in [-0.05, 0) is 18.6 Å². The Morgan fingerprint density at radius 2 is 2.04 bits per heavy atom. The van der Waals surface area contributed by atoms with E-state index >= 15 is 0 Å². The number of ether oxygens (including phenoxy) is 1. The number of thiazole rings is 1. The highest BCUT2D eigenvalue weighted by Crippen LogP contribution is 2.30. The number of aryl methyl sites for hydroxylation is 1. The average molecular weight is 394 g/mol. The second-order valence-corrected chi connectivity index (χ2v) is 7.44. The third-order valence-electron chi connectivity index (χ3n) is 4.56. The summed E-state index contributed by atoms with van der Waals surface area (Å²) in [7, 11) is 3.15. The standard InChI is InChI=1S/C20H18N4O3S/c1-12-16(19(26)27-3)17(14-7-5-4-6-8-14)24-18(25)15(28-20(24)22-12)9-13-10-21-23(2)11-13/h4-11,17H,1-3H3/b15-9-. The van der Waals surface area contributed by atoms with Crippen LogP contribution in [0.1, 0.15) is 24.1 Å². The number of aromatic nitrogens is 3. The van der Waals surface area contributed by atoms with Crippen LogP contribution >= 0.6 is 11.3 Å². The number of carbonyl (C=O) groups is 1. The molecule has 1 atom stereocenters. The van der Waals surface area contributed by atoms with E-state index in [1.54, 1.807) is 28.4 Å². The van der Waals surface area contributed by atoms with Crippen molar-refractivity contribution in [2.75, 3.05) is 7.11 Å². The number of benzene rings is 1. The Labute approximate surface area is 164 Å². The fraction of sp³-hybridized carbons (Fsp3) is 0.200. The second kappa shape index (κ2) is 7.05. The lowest BCUT2D eigenvalue weighted by Crippen LogP contribution is -2.39. The van der Waals surface area contributed by atoms with Crippen molar-refractivity contribution in [3.63, 3.8) is 0 Å². The van der Waals surface area contributed by atoms with E-state index in [0.717, 1.165) is 11.1 Å². The van der Waals surface area contributed by atoms with Crippen LogP contribution in [0.3, 0.4) is 0 Å². The van der Waals surface area contributed by atoms with Crippen LogP contribution in [0.25, 0.3) is 6.08 Å². The predicted molar refractivity (Wildman–Crippen MR) is 105 cm³/mol. The van der Waals surface area contributed by atoms with Crippen molar-refractivity contribution in [3.8, 4) is 0 Å². The first kappa shape index (κ1) is 18.1. The molecule has 0 saturated heterocycles. The Hall–Kier alpha value is -3.26. The molecule has 1 aliphatic rings. The van der Waals surface area contributed by atoms with Gasteiger partial charge in [0.1, 0.15) is 0 Å². The molecule has 8 heteroatoms. The number of allylic oxidation sites excluding steroid dienone is 1. The Morgan fingerprint density at radius 3 is 2.68 bits per heavy atom. The highest BCUT2D eigenvalue weighted by molar-refractivity contribution is 7.07. The quantitative estimate of drug-likeness (QED) is 0.624. The summed E-state index contributed by atoms with van der Waals surface area (Å²) in [4.78, 5) is 30.8. The SMILES string of the molecule is COC(=O)C1=C(C)N=c2s/c(=C\c3cnn(C)c3)c(=O)n2C1c1ccccc1. The number of fused-ring (bicyclic) bond motifs is 1. The highest BCUT2D eigenvalue weighted by atomic mass is 32.1. The molecule has 7 nitrogen and oxygen atoms in total. The first-order valence-corrected chi connectivity index (χ1v) is 9.45. The molecule has 4 rings (SSSR count). The maximum atomic E-state index is 13.3. The van der Waals surface area contributed by atoms with Crippen LogP contribution in [0.5, 0.6) is 0 Å². The molecule has 2 aromatic heterocycles. The molecule has 0 radical (unpaired) electrons. The van der Waals surface area contributed by atoms with Gasteiger partial charge in [-0.2, -0.15) is 5.10 Å². The van der Waals surface area contributed by atoms with Gasteiger partial charge < -0.3 is 4.74 Å². The molecule has 0 spiro atoms. The van der Waals surface area contributed by atoms with Gasteiger partial charge >= 0.3 is 5.97 Å². The topological polar surface area (TPSA) is 78.5 Å². The van der Waals surface area contributed by atoms with Crippen molar-refractivity contribution in [1.29, 1.82) is 0 Å². The van der Waals surface area contributed by atoms with Gasteiger partial charge in [0, 0.05) is 18.8 Å². The molecule has 0 fully saturated rings. The monoisotopic (exact) mass is 394 g/mol. The second-order valence-electron chi connectivity index (χ2n) is 6.43. The summed E-state index contributed by atoms with van der Waals surface area (Å²) in [5, 5.41) is 4.13. The van der Waals surface area contributed by atoms with Crippen molar-refractivity contribution in [2.45, 2.75) is 13.0 Å². The van der Waals surface area contributed by atoms with Crippen LogP contribution in [0.15, 0.2) is 63.8 Å². The van der Waals surface area contributed by atoms with E-state index in [9.17, 15) is 9.59 Å². The smallest absolute Gasteiger partial charge is 0.338 e. The van der Waals surface area contributed by atoms with E-state index in [1.807, 2.05) is 43.6 Å². The molecule has 28 heavy (non-hydrogen) atoms. The molecule has 3 heterocycles. The molecule has 0 bridgehead atoms. The number of methoxy groups -OCH3 is 1. The maximum absolute atomic E-state index is 13.3. The molecule has 0 aliphatic carbocycles. The van der Waals surface area contributed by atoms with Crippen molar-refractivity contribution < 1.29 is 9.53 Å². The van der Waals surface area contributed by atoms with Gasteiger partial charge in [0.25, 0.3) is 5.56 Å². The Bertz CT molecular complexity index is 1260. The number of rotatable bonds is 3. The van der Waals surface area contributed by atoms with Gasteiger partial charge in [-0.1, -0.05) is 41.7 Å². The molecule has 3 aromatic rings. The van der Waals surface area contributed by atoms with Crippen LogP contribution in [0.2, 0.25) is 0 Å². The molecule has 1 aliphatic heterocycles. The predicted octanol–water partition coefficient (Wildman–Crippen LogP) is 1.14. The van der Waals surface area contributed by atoms with Gasteiger partial charge in [0.2, 0.25) is 0 Å². The van der Waals surface area contributed by atoms with Gasteiger partial charge in [0.15, 0.2) is 4.80 Å². The van der Waals surface area contributed by atoms with Crippen LogP contribution in [-0.4, -0.2) is 27.4 Å². The third-order valence-corrected chi connectivity index (χ3v) is 5.55. The summed E-state index contributed by atoms with van der Waals surface area (Å²) in [6, 6.07) is 8.86. The van der Waals surface area contributed by atoms with E-state index < -0.39 is 12.0 Å². The van der Waals surface area contributed by atoms with E-state index in [1.165, 1.54) is 18.4 Å². The van der Waals surface area contributed by atoms with Crippen molar-refractivity contribution >= 4 is 23.4 Å². The largest absolute Gasteiger partial charge is 0.466 e. The molecule has 1 unspecified atom stereocenters. The van der Waals surface area contributed by atoms with Crippen LogP contribution in [0.4, 0.5) is 0 Å². The van der Waals surface area contributed by atoms with Gasteiger partial charge in [0.05, 0.1) is 35.2 Å². The van der Waals surface area contributed by atoms with E-state index in [4.69, 9.17) is 4.74 Å². The molecule has 1 aromatic carbocycles. The maximum Gasteiger partial charge on any atom is 0.338 e. The summed E-state index contributed by atoms with van der Waals surface area (Å²) < 4.78 is 8.76. The number of carbonyl (C=O) groups excluding carboxylic acids is 1. The minimum Gasteiger partial charge on any atom is -0.466 e. The van der Waals surface area contributed by atoms with Gasteiger partial charge in [-0.15, -0.1) is 0 Å². The first-order valence-electron chi connectivity index (χ1n) is 8.64. The molecule has 0 amide bonds. The molecular weight excluding hydrogens is 376 g/mol. The fourth-order valence-corrected chi connectivity index (χ4v) is 4.36. The Morgan fingerprint density at radius 1 is 1.29 bits per heavy atom. The number of hydrogen-bond donors (Lipinski definition) is 0. The Balaban J connectivity index is 1.99. The lowest BCUT2D eigenvalue weighted by Gasteiger charge is -2.24. The van der Waals surface area contributed by atoms with E-state index in [2.05, 4.69) is 10.1 Å². The minimum absolute atomic E-state index is 0.199. The summed E-state index contributed by atoms with van der Waals surface area (Å²) in [5.74, 6) is -0.489. The van der Waals surface area contributed by atoms with Crippen LogP contribution in [-0.2, 0) is 16.6 Å². The zero-order valence-electron chi connectivity index (χ0n) is 15.6. The molecule has 142 valence electrons. The van der Waals surface area contributed by atoms with Crippen molar-refractivity contribution in [3.05, 3.63) is 84.8 Å². The summed E-state index contributed by atoms with van der Waals surface area (Å²) in [5.41, 5.74) is 2.37. The number of hydrogen-bond acceptors (Lipinski definition) is 6. The van der Waals surface area contributed by atoms with Gasteiger partial charge in [-0.25, -0.2) is 9.79 Å². The highest BCUT2D eigenvalue weighted by Gasteiger charge is 2.32. The summed E-state index contributed by atoms with van der Waals surface area (Å²) in [6.45, 7) is 1.76. The van der Waals surface area contributed by atoms with E-state index in [0.29, 0.717) is 20.6 Å². The summed E-state index contributed by atoms with van der Waals surface area (Å²) >= 11 is 1.29. The normalized spacial score (nSPS) is 16.7. The fourth-order valence-electron chi connectivity index (χ4n) is 3.31. The lowest BCUT2D eigenvalue weighted by atomic mass is 9.96.